The highest BCUT2D eigenvalue weighted by atomic mass is 32.2. The van der Waals surface area contributed by atoms with E-state index in [0.717, 1.165) is 59.5 Å². The predicted octanol–water partition coefficient (Wildman–Crippen LogP) is 3.11. The van der Waals surface area contributed by atoms with Gasteiger partial charge in [0.2, 0.25) is 5.91 Å². The van der Waals surface area contributed by atoms with Crippen molar-refractivity contribution in [2.24, 2.45) is 0 Å². The van der Waals surface area contributed by atoms with Gasteiger partial charge in [0.05, 0.1) is 4.91 Å². The van der Waals surface area contributed by atoms with Crippen molar-refractivity contribution in [1.29, 1.82) is 0 Å². The molecule has 2 aliphatic rings. The normalized spacial score (nSPS) is 20.7. The molecule has 3 rings (SSSR count). The molecule has 0 aromatic carbocycles. The lowest BCUT2D eigenvalue weighted by molar-refractivity contribution is -0.136. The number of piperidine rings is 1. The number of likely N-dealkylation sites (tertiary alicyclic amines) is 1. The fourth-order valence-electron chi connectivity index (χ4n) is 2.67. The molecule has 7 heteroatoms. The van der Waals surface area contributed by atoms with Gasteiger partial charge in [-0.3, -0.25) is 19.3 Å². The molecule has 0 N–H and O–H groups in total. The average Bonchev–Trinajstić information content (AvgIpc) is 3.07. The first-order valence-electron chi connectivity index (χ1n) is 7.63. The Morgan fingerprint density at radius 2 is 2.00 bits per heavy atom. The summed E-state index contributed by atoms with van der Waals surface area (Å²) >= 11 is 2.44. The van der Waals surface area contributed by atoms with Gasteiger partial charge in [-0.2, -0.15) is 0 Å². The predicted molar refractivity (Wildman–Crippen MR) is 92.2 cm³/mol. The number of aryl methyl sites for hydroxylation is 1. The van der Waals surface area contributed by atoms with Crippen molar-refractivity contribution in [2.45, 2.75) is 26.2 Å². The van der Waals surface area contributed by atoms with E-state index >= 15 is 0 Å². The molecule has 1 aromatic rings. The summed E-state index contributed by atoms with van der Waals surface area (Å²) < 4.78 is 0. The van der Waals surface area contributed by atoms with Gasteiger partial charge in [0, 0.05) is 18.0 Å². The number of rotatable bonds is 3. The number of carbonyl (C=O) groups is 3. The van der Waals surface area contributed by atoms with E-state index in [9.17, 15) is 14.4 Å². The van der Waals surface area contributed by atoms with Crippen molar-refractivity contribution in [3.05, 3.63) is 26.8 Å². The number of nitrogens with zero attached hydrogens (tertiary/aromatic N) is 2. The fraction of sp³-hybridized carbons (Fsp3) is 0.438. The molecule has 0 aliphatic carbocycles. The molecule has 3 heterocycles. The number of hydrogen-bond acceptors (Lipinski definition) is 5. The minimum Gasteiger partial charge on any atom is -0.341 e. The van der Waals surface area contributed by atoms with Crippen molar-refractivity contribution < 1.29 is 14.4 Å². The summed E-state index contributed by atoms with van der Waals surface area (Å²) in [6, 6.07) is 1.97. The Hall–Kier alpha value is -1.60. The van der Waals surface area contributed by atoms with Crippen molar-refractivity contribution >= 4 is 46.2 Å². The smallest absolute Gasteiger partial charge is 0.294 e. The topological polar surface area (TPSA) is 57.7 Å². The van der Waals surface area contributed by atoms with Crippen LogP contribution in [0.3, 0.4) is 0 Å². The van der Waals surface area contributed by atoms with E-state index < -0.39 is 0 Å². The van der Waals surface area contributed by atoms with Gasteiger partial charge in [-0.15, -0.1) is 11.3 Å². The van der Waals surface area contributed by atoms with Crippen LogP contribution in [0.5, 0.6) is 0 Å². The molecule has 0 saturated carbocycles. The summed E-state index contributed by atoms with van der Waals surface area (Å²) in [5, 5.41) is 1.59. The molecule has 3 amide bonds. The number of carbonyl (C=O) groups excluding carboxylic acids is 3. The minimum absolute atomic E-state index is 0.138. The van der Waals surface area contributed by atoms with Gasteiger partial charge in [0.1, 0.15) is 6.54 Å². The summed E-state index contributed by atoms with van der Waals surface area (Å²) in [5.41, 5.74) is 1.08. The van der Waals surface area contributed by atoms with E-state index in [4.69, 9.17) is 0 Å². The number of thiophene rings is 1. The lowest BCUT2D eigenvalue weighted by Gasteiger charge is -2.27. The zero-order chi connectivity index (χ0) is 16.4. The standard InChI is InChI=1S/C16H18N2O3S2/c1-11-5-8-22-12(11)9-13-15(20)18(16(21)23-13)10-14(19)17-6-3-2-4-7-17/h5,8-9H,2-4,6-7,10H2,1H3/b13-9+. The highest BCUT2D eigenvalue weighted by Gasteiger charge is 2.37. The van der Waals surface area contributed by atoms with Crippen molar-refractivity contribution in [1.82, 2.24) is 9.80 Å². The summed E-state index contributed by atoms with van der Waals surface area (Å²) in [6.07, 6.45) is 4.86. The SMILES string of the molecule is Cc1ccsc1/C=C1/SC(=O)N(CC(=O)N2CCCCC2)C1=O. The lowest BCUT2D eigenvalue weighted by Crippen LogP contribution is -2.44. The van der Waals surface area contributed by atoms with E-state index in [1.54, 1.807) is 11.0 Å². The molecule has 0 bridgehead atoms. The van der Waals surface area contributed by atoms with Crippen LogP contribution < -0.4 is 0 Å². The second kappa shape index (κ2) is 6.88. The zero-order valence-electron chi connectivity index (χ0n) is 12.9. The van der Waals surface area contributed by atoms with E-state index in [1.807, 2.05) is 18.4 Å². The maximum absolute atomic E-state index is 12.4. The Kier molecular flexibility index (Phi) is 4.87. The van der Waals surface area contributed by atoms with Crippen LogP contribution in [0.2, 0.25) is 0 Å². The molecule has 0 unspecified atom stereocenters. The van der Waals surface area contributed by atoms with Gasteiger partial charge in [-0.25, -0.2) is 0 Å². The third kappa shape index (κ3) is 3.50. The molecule has 1 aromatic heterocycles. The summed E-state index contributed by atoms with van der Waals surface area (Å²) in [6.45, 7) is 3.26. The van der Waals surface area contributed by atoms with Crippen LogP contribution in [0.1, 0.15) is 29.7 Å². The first-order chi connectivity index (χ1) is 11.1. The Labute approximate surface area is 143 Å². The molecule has 2 fully saturated rings. The Bertz CT molecular complexity index is 675. The summed E-state index contributed by atoms with van der Waals surface area (Å²) in [5.74, 6) is -0.501. The second-order valence-corrected chi connectivity index (χ2v) is 7.62. The fourth-order valence-corrected chi connectivity index (χ4v) is 4.42. The van der Waals surface area contributed by atoms with Gasteiger partial charge in [-0.1, -0.05) is 0 Å². The lowest BCUT2D eigenvalue weighted by atomic mass is 10.1. The molecular weight excluding hydrogens is 332 g/mol. The van der Waals surface area contributed by atoms with Crippen LogP contribution in [0, 0.1) is 6.92 Å². The van der Waals surface area contributed by atoms with Crippen LogP contribution in [0.4, 0.5) is 4.79 Å². The maximum Gasteiger partial charge on any atom is 0.294 e. The van der Waals surface area contributed by atoms with E-state index in [1.165, 1.54) is 11.3 Å². The molecular formula is C16H18N2O3S2. The first-order valence-corrected chi connectivity index (χ1v) is 9.33. The van der Waals surface area contributed by atoms with Gasteiger partial charge in [0.15, 0.2) is 0 Å². The molecule has 0 spiro atoms. The first kappa shape index (κ1) is 16.3. The largest absolute Gasteiger partial charge is 0.341 e. The number of imide groups is 1. The number of amides is 3. The molecule has 122 valence electrons. The second-order valence-electron chi connectivity index (χ2n) is 5.68. The van der Waals surface area contributed by atoms with Gasteiger partial charge >= 0.3 is 0 Å². The third-order valence-electron chi connectivity index (χ3n) is 4.04. The molecule has 2 saturated heterocycles. The molecule has 5 nitrogen and oxygen atoms in total. The summed E-state index contributed by atoms with van der Waals surface area (Å²) in [4.78, 5) is 41.0. The number of hydrogen-bond donors (Lipinski definition) is 0. The summed E-state index contributed by atoms with van der Waals surface area (Å²) in [7, 11) is 0. The Morgan fingerprint density at radius 3 is 2.65 bits per heavy atom. The van der Waals surface area contributed by atoms with Crippen molar-refractivity contribution in [3.63, 3.8) is 0 Å². The van der Waals surface area contributed by atoms with Crippen LogP contribution in [-0.4, -0.2) is 46.5 Å². The van der Waals surface area contributed by atoms with Crippen molar-refractivity contribution in [3.8, 4) is 0 Å². The van der Waals surface area contributed by atoms with E-state index in [2.05, 4.69) is 0 Å². The Morgan fingerprint density at radius 1 is 1.26 bits per heavy atom. The van der Waals surface area contributed by atoms with Crippen molar-refractivity contribution in [2.75, 3.05) is 19.6 Å². The Balaban J connectivity index is 1.70. The van der Waals surface area contributed by atoms with E-state index in [0.29, 0.717) is 4.91 Å². The van der Waals surface area contributed by atoms with E-state index in [-0.39, 0.29) is 23.6 Å². The quantitative estimate of drug-likeness (QED) is 0.786. The molecule has 0 atom stereocenters. The highest BCUT2D eigenvalue weighted by molar-refractivity contribution is 8.18. The zero-order valence-corrected chi connectivity index (χ0v) is 14.5. The van der Waals surface area contributed by atoms with Gasteiger partial charge in [0.25, 0.3) is 11.1 Å². The van der Waals surface area contributed by atoms with Gasteiger partial charge < -0.3 is 4.90 Å². The van der Waals surface area contributed by atoms with Gasteiger partial charge in [-0.05, 0) is 61.0 Å². The monoisotopic (exact) mass is 350 g/mol. The minimum atomic E-state index is -0.363. The number of thioether (sulfide) groups is 1. The third-order valence-corrected chi connectivity index (χ3v) is 5.91. The van der Waals surface area contributed by atoms with Crippen LogP contribution in [0.15, 0.2) is 16.4 Å². The van der Waals surface area contributed by atoms with Crippen LogP contribution >= 0.6 is 23.1 Å². The highest BCUT2D eigenvalue weighted by Crippen LogP contribution is 2.33. The van der Waals surface area contributed by atoms with Crippen LogP contribution in [-0.2, 0) is 9.59 Å². The molecule has 0 radical (unpaired) electrons. The average molecular weight is 350 g/mol. The van der Waals surface area contributed by atoms with Crippen LogP contribution in [0.25, 0.3) is 6.08 Å². The molecule has 2 aliphatic heterocycles. The molecule has 23 heavy (non-hydrogen) atoms. The maximum atomic E-state index is 12.4.